The van der Waals surface area contributed by atoms with Crippen LogP contribution in [0.2, 0.25) is 5.02 Å². The SMILES string of the molecule is CCCCN(CCO)c1c(Cl)cccc1CN. The van der Waals surface area contributed by atoms with E-state index in [1.54, 1.807) is 0 Å². The molecule has 3 nitrogen and oxygen atoms in total. The van der Waals surface area contributed by atoms with Crippen LogP contribution in [-0.4, -0.2) is 24.8 Å². The maximum Gasteiger partial charge on any atom is 0.0642 e. The van der Waals surface area contributed by atoms with Gasteiger partial charge in [-0.05, 0) is 18.1 Å². The molecule has 1 aromatic carbocycles. The summed E-state index contributed by atoms with van der Waals surface area (Å²) in [4.78, 5) is 2.12. The first kappa shape index (κ1) is 14.3. The van der Waals surface area contributed by atoms with E-state index in [2.05, 4.69) is 11.8 Å². The average Bonchev–Trinajstić information content (AvgIpc) is 2.34. The number of hydrogen-bond acceptors (Lipinski definition) is 3. The lowest BCUT2D eigenvalue weighted by molar-refractivity contribution is 0.301. The Morgan fingerprint density at radius 1 is 1.35 bits per heavy atom. The number of anilines is 1. The van der Waals surface area contributed by atoms with Gasteiger partial charge in [-0.25, -0.2) is 0 Å². The molecule has 0 aliphatic carbocycles. The Hall–Kier alpha value is -0.770. The first-order chi connectivity index (χ1) is 8.24. The third-order valence-electron chi connectivity index (χ3n) is 2.76. The molecule has 0 aromatic heterocycles. The summed E-state index contributed by atoms with van der Waals surface area (Å²) in [5.41, 5.74) is 7.74. The monoisotopic (exact) mass is 256 g/mol. The van der Waals surface area contributed by atoms with Crippen LogP contribution in [0, 0.1) is 0 Å². The topological polar surface area (TPSA) is 49.5 Å². The standard InChI is InChI=1S/C13H21ClN2O/c1-2-3-7-16(8-9-17)13-11(10-15)5-4-6-12(13)14/h4-6,17H,2-3,7-10,15H2,1H3. The summed E-state index contributed by atoms with van der Waals surface area (Å²) in [5.74, 6) is 0. The van der Waals surface area contributed by atoms with Crippen LogP contribution in [0.5, 0.6) is 0 Å². The normalized spacial score (nSPS) is 10.6. The molecule has 0 aliphatic rings. The van der Waals surface area contributed by atoms with Crippen molar-refractivity contribution in [1.82, 2.24) is 0 Å². The van der Waals surface area contributed by atoms with E-state index >= 15 is 0 Å². The van der Waals surface area contributed by atoms with Gasteiger partial charge in [-0.15, -0.1) is 0 Å². The van der Waals surface area contributed by atoms with Crippen LogP contribution in [-0.2, 0) is 6.54 Å². The molecular weight excluding hydrogens is 236 g/mol. The first-order valence-electron chi connectivity index (χ1n) is 6.07. The van der Waals surface area contributed by atoms with Crippen LogP contribution < -0.4 is 10.6 Å². The first-order valence-corrected chi connectivity index (χ1v) is 6.45. The largest absolute Gasteiger partial charge is 0.395 e. The molecule has 0 fully saturated rings. The molecule has 0 heterocycles. The fourth-order valence-corrected chi connectivity index (χ4v) is 2.20. The molecule has 0 atom stereocenters. The zero-order valence-corrected chi connectivity index (χ0v) is 11.1. The Morgan fingerprint density at radius 2 is 2.12 bits per heavy atom. The highest BCUT2D eigenvalue weighted by Crippen LogP contribution is 2.29. The van der Waals surface area contributed by atoms with Crippen LogP contribution in [0.4, 0.5) is 5.69 Å². The van der Waals surface area contributed by atoms with E-state index < -0.39 is 0 Å². The van der Waals surface area contributed by atoms with Crippen molar-refractivity contribution in [3.63, 3.8) is 0 Å². The Kier molecular flexibility index (Phi) is 6.34. The van der Waals surface area contributed by atoms with Crippen molar-refractivity contribution in [3.05, 3.63) is 28.8 Å². The number of hydrogen-bond donors (Lipinski definition) is 2. The van der Waals surface area contributed by atoms with Crippen molar-refractivity contribution >= 4 is 17.3 Å². The number of para-hydroxylation sites is 1. The van der Waals surface area contributed by atoms with Gasteiger partial charge < -0.3 is 15.7 Å². The van der Waals surface area contributed by atoms with Crippen LogP contribution in [0.1, 0.15) is 25.3 Å². The summed E-state index contributed by atoms with van der Waals surface area (Å²) in [5, 5.41) is 9.84. The predicted molar refractivity (Wildman–Crippen MR) is 73.6 cm³/mol. The van der Waals surface area contributed by atoms with Gasteiger partial charge in [0, 0.05) is 19.6 Å². The van der Waals surface area contributed by atoms with E-state index in [0.717, 1.165) is 30.6 Å². The van der Waals surface area contributed by atoms with Crippen molar-refractivity contribution in [3.8, 4) is 0 Å². The second-order valence-corrected chi connectivity index (χ2v) is 4.42. The maximum atomic E-state index is 9.14. The van der Waals surface area contributed by atoms with Gasteiger partial charge in [-0.3, -0.25) is 0 Å². The zero-order valence-electron chi connectivity index (χ0n) is 10.3. The van der Waals surface area contributed by atoms with Gasteiger partial charge in [0.2, 0.25) is 0 Å². The van der Waals surface area contributed by atoms with Crippen molar-refractivity contribution in [1.29, 1.82) is 0 Å². The van der Waals surface area contributed by atoms with E-state index in [9.17, 15) is 0 Å². The average molecular weight is 257 g/mol. The van der Waals surface area contributed by atoms with Crippen molar-refractivity contribution in [2.45, 2.75) is 26.3 Å². The van der Waals surface area contributed by atoms with Crippen LogP contribution in [0.3, 0.4) is 0 Å². The van der Waals surface area contributed by atoms with Gasteiger partial charge in [0.05, 0.1) is 17.3 Å². The number of nitrogens with zero attached hydrogens (tertiary/aromatic N) is 1. The molecule has 0 saturated heterocycles. The fraction of sp³-hybridized carbons (Fsp3) is 0.538. The third kappa shape index (κ3) is 3.87. The van der Waals surface area contributed by atoms with Gasteiger partial charge in [0.15, 0.2) is 0 Å². The second kappa shape index (κ2) is 7.54. The maximum absolute atomic E-state index is 9.14. The predicted octanol–water partition coefficient (Wildman–Crippen LogP) is 2.40. The Balaban J connectivity index is 2.98. The molecule has 0 aliphatic heterocycles. The van der Waals surface area contributed by atoms with Gasteiger partial charge in [0.25, 0.3) is 0 Å². The number of benzene rings is 1. The molecule has 17 heavy (non-hydrogen) atoms. The number of nitrogens with two attached hydrogens (primary N) is 1. The second-order valence-electron chi connectivity index (χ2n) is 4.02. The van der Waals surface area contributed by atoms with Gasteiger partial charge in [-0.1, -0.05) is 37.1 Å². The molecule has 3 N–H and O–H groups in total. The number of aliphatic hydroxyl groups is 1. The molecule has 0 saturated carbocycles. The summed E-state index contributed by atoms with van der Waals surface area (Å²) < 4.78 is 0. The highest BCUT2D eigenvalue weighted by atomic mass is 35.5. The number of unbranched alkanes of at least 4 members (excludes halogenated alkanes) is 1. The molecule has 96 valence electrons. The number of rotatable bonds is 7. The Labute approximate surface area is 108 Å². The summed E-state index contributed by atoms with van der Waals surface area (Å²) >= 11 is 6.24. The fourth-order valence-electron chi connectivity index (χ4n) is 1.88. The minimum Gasteiger partial charge on any atom is -0.395 e. The molecule has 0 spiro atoms. The highest BCUT2D eigenvalue weighted by molar-refractivity contribution is 6.33. The van der Waals surface area contributed by atoms with Crippen LogP contribution in [0.15, 0.2) is 18.2 Å². The minimum atomic E-state index is 0.124. The Bertz CT molecular complexity index is 344. The quantitative estimate of drug-likeness (QED) is 0.788. The molecule has 1 rings (SSSR count). The zero-order chi connectivity index (χ0) is 12.7. The van der Waals surface area contributed by atoms with Crippen LogP contribution in [0.25, 0.3) is 0 Å². The molecule has 0 radical (unpaired) electrons. The molecule has 0 bridgehead atoms. The van der Waals surface area contributed by atoms with E-state index in [4.69, 9.17) is 22.4 Å². The molecule has 0 unspecified atom stereocenters. The third-order valence-corrected chi connectivity index (χ3v) is 3.06. The highest BCUT2D eigenvalue weighted by Gasteiger charge is 2.13. The van der Waals surface area contributed by atoms with E-state index in [-0.39, 0.29) is 6.61 Å². The van der Waals surface area contributed by atoms with Crippen LogP contribution >= 0.6 is 11.6 Å². The van der Waals surface area contributed by atoms with Crippen molar-refractivity contribution < 1.29 is 5.11 Å². The minimum absolute atomic E-state index is 0.124. The van der Waals surface area contributed by atoms with Gasteiger partial charge in [0.1, 0.15) is 0 Å². The summed E-state index contributed by atoms with van der Waals surface area (Å²) in [6, 6.07) is 5.76. The van der Waals surface area contributed by atoms with Gasteiger partial charge >= 0.3 is 0 Å². The lowest BCUT2D eigenvalue weighted by Gasteiger charge is -2.27. The van der Waals surface area contributed by atoms with E-state index in [1.807, 2.05) is 18.2 Å². The van der Waals surface area contributed by atoms with E-state index in [0.29, 0.717) is 18.1 Å². The summed E-state index contributed by atoms with van der Waals surface area (Å²) in [7, 11) is 0. The van der Waals surface area contributed by atoms with E-state index in [1.165, 1.54) is 0 Å². The molecular formula is C13H21ClN2O. The summed E-state index contributed by atoms with van der Waals surface area (Å²) in [6.07, 6.45) is 2.19. The van der Waals surface area contributed by atoms with Crippen molar-refractivity contribution in [2.75, 3.05) is 24.6 Å². The molecule has 1 aromatic rings. The lowest BCUT2D eigenvalue weighted by Crippen LogP contribution is -2.29. The van der Waals surface area contributed by atoms with Gasteiger partial charge in [-0.2, -0.15) is 0 Å². The summed E-state index contributed by atoms with van der Waals surface area (Å²) in [6.45, 7) is 4.22. The van der Waals surface area contributed by atoms with Crippen molar-refractivity contribution in [2.24, 2.45) is 5.73 Å². The molecule has 4 heteroatoms. The molecule has 0 amide bonds. The lowest BCUT2D eigenvalue weighted by atomic mass is 10.1. The number of halogens is 1. The Morgan fingerprint density at radius 3 is 2.71 bits per heavy atom. The number of aliphatic hydroxyl groups excluding tert-OH is 1. The smallest absolute Gasteiger partial charge is 0.0642 e.